The number of hydrogen-bond acceptors (Lipinski definition) is 6. The second-order valence-corrected chi connectivity index (χ2v) is 7.44. The summed E-state index contributed by atoms with van der Waals surface area (Å²) in [5.41, 5.74) is 4.00. The Kier molecular flexibility index (Phi) is 4.95. The molecule has 0 spiro atoms. The Bertz CT molecular complexity index is 1500. The zero-order valence-electron chi connectivity index (χ0n) is 17.4. The van der Waals surface area contributed by atoms with Gasteiger partial charge in [-0.05, 0) is 61.0 Å². The van der Waals surface area contributed by atoms with Crippen LogP contribution in [0, 0.1) is 17.0 Å². The van der Waals surface area contributed by atoms with E-state index in [1.165, 1.54) is 12.1 Å². The molecule has 0 unspecified atom stereocenters. The molecular weight excluding hydrogens is 422 g/mol. The lowest BCUT2D eigenvalue weighted by atomic mass is 10.1. The van der Waals surface area contributed by atoms with Crippen LogP contribution >= 0.6 is 0 Å². The predicted octanol–water partition coefficient (Wildman–Crippen LogP) is 6.22. The van der Waals surface area contributed by atoms with Gasteiger partial charge in [0.15, 0.2) is 11.3 Å². The van der Waals surface area contributed by atoms with Crippen molar-refractivity contribution in [2.75, 3.05) is 5.32 Å². The Balaban J connectivity index is 1.36. The SMILES string of the molecule is Cc1cc([N+](=O)[O-])ccc1-c1ccc(C(=O)Nc2ccc3oc(-c4ccccc4)nc3c2)o1. The van der Waals surface area contributed by atoms with E-state index < -0.39 is 10.8 Å². The van der Waals surface area contributed by atoms with Crippen LogP contribution in [0.4, 0.5) is 11.4 Å². The predicted molar refractivity (Wildman–Crippen MR) is 123 cm³/mol. The molecule has 33 heavy (non-hydrogen) atoms. The molecule has 1 amide bonds. The highest BCUT2D eigenvalue weighted by Crippen LogP contribution is 2.29. The number of nitrogens with zero attached hydrogens (tertiary/aromatic N) is 2. The van der Waals surface area contributed by atoms with Crippen LogP contribution in [-0.2, 0) is 0 Å². The smallest absolute Gasteiger partial charge is 0.291 e. The fraction of sp³-hybridized carbons (Fsp3) is 0.0400. The molecule has 8 nitrogen and oxygen atoms in total. The van der Waals surface area contributed by atoms with E-state index in [-0.39, 0.29) is 11.4 Å². The second kappa shape index (κ2) is 8.08. The number of nitro benzene ring substituents is 1. The standard InChI is InChI=1S/C25H17N3O5/c1-15-13-18(28(30)31)8-9-19(15)21-11-12-23(32-21)24(29)26-17-7-10-22-20(14-17)27-25(33-22)16-5-3-2-4-6-16/h2-14H,1H3,(H,26,29). The number of amides is 1. The van der Waals surface area contributed by atoms with Crippen LogP contribution in [0.3, 0.4) is 0 Å². The molecule has 1 N–H and O–H groups in total. The molecule has 2 heterocycles. The lowest BCUT2D eigenvalue weighted by molar-refractivity contribution is -0.384. The Labute approximate surface area is 187 Å². The molecule has 0 atom stereocenters. The number of furan rings is 1. The van der Waals surface area contributed by atoms with Gasteiger partial charge in [0.1, 0.15) is 11.3 Å². The Morgan fingerprint density at radius 3 is 2.55 bits per heavy atom. The van der Waals surface area contributed by atoms with Crippen molar-refractivity contribution < 1.29 is 18.6 Å². The molecule has 0 saturated carbocycles. The molecule has 8 heteroatoms. The average Bonchev–Trinajstić information content (AvgIpc) is 3.47. The summed E-state index contributed by atoms with van der Waals surface area (Å²) >= 11 is 0. The van der Waals surface area contributed by atoms with Crippen LogP contribution in [0.1, 0.15) is 16.1 Å². The summed E-state index contributed by atoms with van der Waals surface area (Å²) in [6, 6.07) is 22.5. The number of aryl methyl sites for hydroxylation is 1. The van der Waals surface area contributed by atoms with Gasteiger partial charge in [-0.3, -0.25) is 14.9 Å². The Hall–Kier alpha value is -4.72. The molecule has 2 aromatic heterocycles. The number of carbonyl (C=O) groups is 1. The number of hydrogen-bond donors (Lipinski definition) is 1. The first kappa shape index (κ1) is 20.2. The van der Waals surface area contributed by atoms with Crippen molar-refractivity contribution >= 4 is 28.4 Å². The van der Waals surface area contributed by atoms with E-state index in [9.17, 15) is 14.9 Å². The van der Waals surface area contributed by atoms with E-state index in [0.717, 1.165) is 5.56 Å². The highest BCUT2D eigenvalue weighted by molar-refractivity contribution is 6.03. The first-order valence-corrected chi connectivity index (χ1v) is 10.1. The molecule has 0 aliphatic heterocycles. The maximum Gasteiger partial charge on any atom is 0.291 e. The van der Waals surface area contributed by atoms with Gasteiger partial charge in [-0.2, -0.15) is 0 Å². The maximum absolute atomic E-state index is 12.7. The number of anilines is 1. The lowest BCUT2D eigenvalue weighted by Crippen LogP contribution is -2.10. The Morgan fingerprint density at radius 1 is 0.970 bits per heavy atom. The van der Waals surface area contributed by atoms with Crippen molar-refractivity contribution in [1.82, 2.24) is 4.98 Å². The molecule has 0 fully saturated rings. The quantitative estimate of drug-likeness (QED) is 0.257. The number of benzene rings is 3. The normalized spacial score (nSPS) is 10.9. The first-order chi connectivity index (χ1) is 16.0. The van der Waals surface area contributed by atoms with Crippen molar-refractivity contribution in [1.29, 1.82) is 0 Å². The fourth-order valence-electron chi connectivity index (χ4n) is 3.54. The van der Waals surface area contributed by atoms with E-state index >= 15 is 0 Å². The van der Waals surface area contributed by atoms with Crippen molar-refractivity contribution in [2.45, 2.75) is 6.92 Å². The van der Waals surface area contributed by atoms with Gasteiger partial charge in [-0.1, -0.05) is 18.2 Å². The Morgan fingerprint density at radius 2 is 1.79 bits per heavy atom. The first-order valence-electron chi connectivity index (χ1n) is 10.1. The van der Waals surface area contributed by atoms with Crippen LogP contribution in [0.5, 0.6) is 0 Å². The minimum Gasteiger partial charge on any atom is -0.451 e. The van der Waals surface area contributed by atoms with Gasteiger partial charge < -0.3 is 14.2 Å². The van der Waals surface area contributed by atoms with Gasteiger partial charge in [-0.15, -0.1) is 0 Å². The molecule has 0 aliphatic rings. The molecule has 0 aliphatic carbocycles. The minimum atomic E-state index is -0.452. The van der Waals surface area contributed by atoms with Crippen LogP contribution in [0.2, 0.25) is 0 Å². The molecule has 5 aromatic rings. The summed E-state index contributed by atoms with van der Waals surface area (Å²) in [6.45, 7) is 1.75. The van der Waals surface area contributed by atoms with E-state index in [1.54, 1.807) is 43.3 Å². The summed E-state index contributed by atoms with van der Waals surface area (Å²) in [5.74, 6) is 0.648. The summed E-state index contributed by atoms with van der Waals surface area (Å²) in [6.07, 6.45) is 0. The van der Waals surface area contributed by atoms with Crippen molar-refractivity contribution in [3.05, 3.63) is 100 Å². The largest absolute Gasteiger partial charge is 0.451 e. The average molecular weight is 439 g/mol. The number of non-ortho nitro benzene ring substituents is 1. The fourth-order valence-corrected chi connectivity index (χ4v) is 3.54. The third-order valence-electron chi connectivity index (χ3n) is 5.18. The topological polar surface area (TPSA) is 111 Å². The van der Waals surface area contributed by atoms with Gasteiger partial charge in [0.05, 0.1) is 4.92 Å². The van der Waals surface area contributed by atoms with Crippen molar-refractivity contribution in [2.24, 2.45) is 0 Å². The highest BCUT2D eigenvalue weighted by Gasteiger charge is 2.16. The summed E-state index contributed by atoms with van der Waals surface area (Å²) < 4.78 is 11.5. The maximum atomic E-state index is 12.7. The molecule has 162 valence electrons. The number of carbonyl (C=O) groups excluding carboxylic acids is 1. The monoisotopic (exact) mass is 439 g/mol. The number of rotatable bonds is 5. The summed E-state index contributed by atoms with van der Waals surface area (Å²) in [5, 5.41) is 13.7. The third kappa shape index (κ3) is 3.97. The van der Waals surface area contributed by atoms with Crippen molar-refractivity contribution in [3.8, 4) is 22.8 Å². The van der Waals surface area contributed by atoms with Crippen molar-refractivity contribution in [3.63, 3.8) is 0 Å². The van der Waals surface area contributed by atoms with Gasteiger partial charge in [0.2, 0.25) is 5.89 Å². The molecule has 0 saturated heterocycles. The van der Waals surface area contributed by atoms with Crippen LogP contribution in [0.15, 0.2) is 87.7 Å². The van der Waals surface area contributed by atoms with Gasteiger partial charge in [-0.25, -0.2) is 4.98 Å². The molecule has 5 rings (SSSR count). The lowest BCUT2D eigenvalue weighted by Gasteiger charge is -2.04. The molecule has 0 radical (unpaired) electrons. The number of nitrogens with one attached hydrogen (secondary N) is 1. The zero-order valence-corrected chi connectivity index (χ0v) is 17.4. The molecule has 0 bridgehead atoms. The van der Waals surface area contributed by atoms with E-state index in [2.05, 4.69) is 10.3 Å². The van der Waals surface area contributed by atoms with E-state index in [4.69, 9.17) is 8.83 Å². The molecular formula is C25H17N3O5. The summed E-state index contributed by atoms with van der Waals surface area (Å²) in [7, 11) is 0. The van der Waals surface area contributed by atoms with E-state index in [0.29, 0.717) is 39.6 Å². The minimum absolute atomic E-state index is 0.000516. The number of fused-ring (bicyclic) bond motifs is 1. The van der Waals surface area contributed by atoms with Gasteiger partial charge in [0.25, 0.3) is 11.6 Å². The number of nitro groups is 1. The third-order valence-corrected chi connectivity index (χ3v) is 5.18. The van der Waals surface area contributed by atoms with Gasteiger partial charge >= 0.3 is 0 Å². The van der Waals surface area contributed by atoms with E-state index in [1.807, 2.05) is 30.3 Å². The zero-order chi connectivity index (χ0) is 22.9. The van der Waals surface area contributed by atoms with Crippen LogP contribution in [-0.4, -0.2) is 15.8 Å². The second-order valence-electron chi connectivity index (χ2n) is 7.44. The van der Waals surface area contributed by atoms with Crippen LogP contribution in [0.25, 0.3) is 33.9 Å². The van der Waals surface area contributed by atoms with Crippen LogP contribution < -0.4 is 5.32 Å². The molecule has 3 aromatic carbocycles. The summed E-state index contributed by atoms with van der Waals surface area (Å²) in [4.78, 5) is 27.7. The van der Waals surface area contributed by atoms with Gasteiger partial charge in [0, 0.05) is 28.9 Å². The number of oxazole rings is 1. The number of aromatic nitrogens is 1. The highest BCUT2D eigenvalue weighted by atomic mass is 16.6.